The molecule has 252 valence electrons. The molecule has 2 heterocycles. The van der Waals surface area contributed by atoms with Crippen LogP contribution in [0.25, 0.3) is 11.3 Å². The fourth-order valence-corrected chi connectivity index (χ4v) is 6.12. The van der Waals surface area contributed by atoms with Crippen molar-refractivity contribution in [2.24, 2.45) is 0 Å². The predicted octanol–water partition coefficient (Wildman–Crippen LogP) is 5.69. The molecule has 0 saturated carbocycles. The molecule has 1 unspecified atom stereocenters. The van der Waals surface area contributed by atoms with E-state index < -0.39 is 49.9 Å². The van der Waals surface area contributed by atoms with E-state index in [0.29, 0.717) is 27.9 Å². The van der Waals surface area contributed by atoms with Crippen LogP contribution in [-0.2, 0) is 30.9 Å². The number of nitriles is 1. The minimum Gasteiger partial charge on any atom is -0.424 e. The second-order valence-electron chi connectivity index (χ2n) is 10.2. The first-order chi connectivity index (χ1) is 23.4. The smallest absolute Gasteiger partial charge is 0.424 e. The van der Waals surface area contributed by atoms with Gasteiger partial charge in [0.05, 0.1) is 35.4 Å². The number of ether oxygens (including phenoxy) is 3. The van der Waals surface area contributed by atoms with Crippen molar-refractivity contribution in [2.75, 3.05) is 6.79 Å². The van der Waals surface area contributed by atoms with Gasteiger partial charge in [-0.3, -0.25) is 9.79 Å². The second-order valence-corrected chi connectivity index (χ2v) is 12.3. The highest BCUT2D eigenvalue weighted by atomic mass is 32.1. The molecule has 49 heavy (non-hydrogen) atoms. The molecule has 5 rings (SSSR count). The number of carbonyl (C=O) groups excluding carboxylic acids is 2. The normalized spacial score (nSPS) is 13.1. The monoisotopic (exact) mass is 711 g/mol. The zero-order valence-electron chi connectivity index (χ0n) is 25.2. The Morgan fingerprint density at radius 1 is 1.10 bits per heavy atom. The zero-order chi connectivity index (χ0) is 35.2. The Morgan fingerprint density at radius 2 is 1.88 bits per heavy atom. The average molecular weight is 712 g/mol. The molecule has 0 saturated heterocycles. The van der Waals surface area contributed by atoms with Crippen molar-refractivity contribution < 1.29 is 51.5 Å². The molecule has 3 aromatic carbocycles. The highest BCUT2D eigenvalue weighted by Crippen LogP contribution is 2.45. The number of rotatable bonds is 12. The average Bonchev–Trinajstić information content (AvgIpc) is 3.76. The third-order valence-electron chi connectivity index (χ3n) is 7.08. The summed E-state index contributed by atoms with van der Waals surface area (Å²) in [4.78, 5) is 52.4. The van der Waals surface area contributed by atoms with Gasteiger partial charge in [-0.2, -0.15) is 10.4 Å². The van der Waals surface area contributed by atoms with E-state index in [1.165, 1.54) is 46.9 Å². The van der Waals surface area contributed by atoms with Crippen LogP contribution in [0.1, 0.15) is 39.3 Å². The van der Waals surface area contributed by atoms with Gasteiger partial charge < -0.3 is 18.7 Å². The molecule has 14 nitrogen and oxygen atoms in total. The first kappa shape index (κ1) is 34.8. The fraction of sp³-hybridized carbons (Fsp3) is 0.161. The summed E-state index contributed by atoms with van der Waals surface area (Å²) in [5.74, 6) is -4.24. The molecule has 0 radical (unpaired) electrons. The number of aromatic nitrogens is 4. The van der Waals surface area contributed by atoms with Crippen LogP contribution in [0, 0.1) is 23.0 Å². The van der Waals surface area contributed by atoms with Gasteiger partial charge >= 0.3 is 19.9 Å². The molecule has 0 amide bonds. The van der Waals surface area contributed by atoms with Crippen molar-refractivity contribution in [2.45, 2.75) is 25.0 Å². The molecule has 2 atom stereocenters. The molecule has 0 aliphatic carbocycles. The lowest BCUT2D eigenvalue weighted by Crippen LogP contribution is -2.43. The number of phosphoric ester groups is 1. The number of esters is 1. The summed E-state index contributed by atoms with van der Waals surface area (Å²) in [6.45, 7) is 0.284. The molecule has 0 bridgehead atoms. The number of halogens is 2. The number of benzene rings is 3. The summed E-state index contributed by atoms with van der Waals surface area (Å²) >= 11 is 1.18. The summed E-state index contributed by atoms with van der Waals surface area (Å²) in [6.07, 6.45) is 1.10. The largest absolute Gasteiger partial charge is 0.524 e. The molecule has 5 aromatic rings. The third kappa shape index (κ3) is 8.50. The van der Waals surface area contributed by atoms with Crippen LogP contribution in [0.4, 0.5) is 13.6 Å². The number of phosphoric acid groups is 1. The number of carbonyl (C=O) groups is 2. The van der Waals surface area contributed by atoms with Crippen molar-refractivity contribution in [3.8, 4) is 23.1 Å². The molecule has 0 fully saturated rings. The van der Waals surface area contributed by atoms with Crippen molar-refractivity contribution in [3.63, 3.8) is 0 Å². The summed E-state index contributed by atoms with van der Waals surface area (Å²) in [7, 11) is -4.90. The van der Waals surface area contributed by atoms with Gasteiger partial charge in [-0.05, 0) is 42.5 Å². The summed E-state index contributed by atoms with van der Waals surface area (Å²) in [6, 6.07) is 16.2. The van der Waals surface area contributed by atoms with Crippen LogP contribution < -0.4 is 4.52 Å². The highest BCUT2D eigenvalue weighted by Gasteiger charge is 2.47. The maximum Gasteiger partial charge on any atom is 0.524 e. The van der Waals surface area contributed by atoms with E-state index in [4.69, 9.17) is 34.2 Å². The molecule has 2 N–H and O–H groups in total. The molecule has 18 heteroatoms. The van der Waals surface area contributed by atoms with Gasteiger partial charge in [0.1, 0.15) is 35.0 Å². The van der Waals surface area contributed by atoms with Gasteiger partial charge in [0, 0.05) is 22.6 Å². The lowest BCUT2D eigenvalue weighted by atomic mass is 9.81. The van der Waals surface area contributed by atoms with Crippen molar-refractivity contribution in [1.82, 2.24) is 19.7 Å². The number of hydrogen-bond donors (Lipinski definition) is 2. The SMILES string of the molecule is C[C@@H](c1nc(-c2ccc(C#N)cc2)cs1)C(Cn1cncn1)(OC(=O)OCOC(=O)c1cccc(OP(=O)(O)O)c1)c1ccc(F)cc1F. The van der Waals surface area contributed by atoms with Crippen LogP contribution in [0.15, 0.2) is 84.8 Å². The lowest BCUT2D eigenvalue weighted by Gasteiger charge is -2.37. The molecule has 0 aliphatic rings. The predicted molar refractivity (Wildman–Crippen MR) is 166 cm³/mol. The van der Waals surface area contributed by atoms with E-state index >= 15 is 4.39 Å². The van der Waals surface area contributed by atoms with Crippen LogP contribution >= 0.6 is 19.2 Å². The van der Waals surface area contributed by atoms with Gasteiger partial charge in [0.15, 0.2) is 5.60 Å². The van der Waals surface area contributed by atoms with Gasteiger partial charge in [-0.1, -0.05) is 25.1 Å². The molecular weight excluding hydrogens is 687 g/mol. The Kier molecular flexibility index (Phi) is 10.4. The molecule has 2 aromatic heterocycles. The van der Waals surface area contributed by atoms with Crippen LogP contribution in [0.5, 0.6) is 5.75 Å². The number of hydrogen-bond acceptors (Lipinski definition) is 12. The summed E-state index contributed by atoms with van der Waals surface area (Å²) in [5.41, 5.74) is -0.776. The zero-order valence-corrected chi connectivity index (χ0v) is 26.9. The topological polar surface area (TPSA) is 196 Å². The van der Waals surface area contributed by atoms with E-state index in [9.17, 15) is 18.5 Å². The Morgan fingerprint density at radius 3 is 2.55 bits per heavy atom. The molecule has 0 aliphatic heterocycles. The fourth-order valence-electron chi connectivity index (χ4n) is 4.76. The van der Waals surface area contributed by atoms with E-state index in [1.54, 1.807) is 36.6 Å². The summed E-state index contributed by atoms with van der Waals surface area (Å²) in [5, 5.41) is 15.3. The minimum absolute atomic E-state index is 0.188. The van der Waals surface area contributed by atoms with E-state index in [0.717, 1.165) is 18.2 Å². The first-order valence-corrected chi connectivity index (χ1v) is 16.4. The van der Waals surface area contributed by atoms with Gasteiger partial charge in [0.25, 0.3) is 0 Å². The standard InChI is InChI=1S/C31H24F2N5O9PS/c1-19(28-37-27(14-49-28)21-7-5-20(13-34)6-8-21)31(15-38-17-35-16-36-38,25-10-9-23(32)12-26(25)33)46-30(40)45-18-44-29(39)22-3-2-4-24(11-22)47-48(41,42)43/h2-12,14,16-17,19H,15,18H2,1H3,(H2,41,42,43)/t19-,31?/m0/s1. The third-order valence-corrected chi connectivity index (χ3v) is 8.55. The Labute approximate surface area is 280 Å². The maximum absolute atomic E-state index is 15.6. The van der Waals surface area contributed by atoms with Crippen LogP contribution in [-0.4, -0.2) is 48.5 Å². The quantitative estimate of drug-likeness (QED) is 0.0911. The second kappa shape index (κ2) is 14.7. The van der Waals surface area contributed by atoms with Gasteiger partial charge in [-0.25, -0.2) is 37.6 Å². The Balaban J connectivity index is 1.43. The minimum atomic E-state index is -4.90. The Bertz CT molecular complexity index is 2050. The molecule has 0 spiro atoms. The first-order valence-electron chi connectivity index (χ1n) is 14.0. The van der Waals surface area contributed by atoms with Crippen molar-refractivity contribution in [3.05, 3.63) is 118 Å². The van der Waals surface area contributed by atoms with E-state index in [2.05, 4.69) is 14.6 Å². The van der Waals surface area contributed by atoms with Gasteiger partial charge in [-0.15, -0.1) is 11.3 Å². The van der Waals surface area contributed by atoms with E-state index in [1.807, 2.05) is 6.07 Å². The lowest BCUT2D eigenvalue weighted by molar-refractivity contribution is -0.0882. The number of thiazole rings is 1. The van der Waals surface area contributed by atoms with Crippen LogP contribution in [0.2, 0.25) is 0 Å². The summed E-state index contributed by atoms with van der Waals surface area (Å²) < 4.78 is 62.5. The van der Waals surface area contributed by atoms with Crippen molar-refractivity contribution >= 4 is 31.3 Å². The van der Waals surface area contributed by atoms with Gasteiger partial charge in [0.2, 0.25) is 6.79 Å². The van der Waals surface area contributed by atoms with Crippen molar-refractivity contribution in [1.29, 1.82) is 5.26 Å². The molecular formula is C31H24F2N5O9PS. The number of nitrogens with zero attached hydrogens (tertiary/aromatic N) is 5. The van der Waals surface area contributed by atoms with E-state index in [-0.39, 0.29) is 23.4 Å². The maximum atomic E-state index is 15.6. The Hall–Kier alpha value is -5.53. The highest BCUT2D eigenvalue weighted by molar-refractivity contribution is 7.46. The van der Waals surface area contributed by atoms with Crippen LogP contribution in [0.3, 0.4) is 0 Å².